The topological polar surface area (TPSA) is 84.5 Å². The molecule has 0 aliphatic rings. The molecule has 0 aliphatic heterocycles. The Labute approximate surface area is 171 Å². The van der Waals surface area contributed by atoms with E-state index in [4.69, 9.17) is 16.3 Å². The third-order valence-electron chi connectivity index (χ3n) is 4.53. The first-order valence-corrected chi connectivity index (χ1v) is 10.8. The van der Waals surface area contributed by atoms with Crippen LogP contribution in [0.3, 0.4) is 0 Å². The molecule has 2 N–H and O–H groups in total. The van der Waals surface area contributed by atoms with Crippen LogP contribution in [0.1, 0.15) is 25.8 Å². The maximum atomic E-state index is 12.9. The molecule has 8 heteroatoms. The maximum absolute atomic E-state index is 12.9. The second-order valence-corrected chi connectivity index (χ2v) is 8.78. The number of rotatable bonds is 8. The second kappa shape index (κ2) is 9.41. The fraction of sp³-hybridized carbons (Fsp3) is 0.350. The lowest BCUT2D eigenvalue weighted by Gasteiger charge is -2.24. The highest BCUT2D eigenvalue weighted by Gasteiger charge is 2.30. The van der Waals surface area contributed by atoms with Gasteiger partial charge in [-0.25, -0.2) is 8.42 Å². The zero-order chi connectivity index (χ0) is 20.9. The van der Waals surface area contributed by atoms with Gasteiger partial charge in [-0.15, -0.1) is 0 Å². The van der Waals surface area contributed by atoms with Crippen LogP contribution in [-0.4, -0.2) is 27.5 Å². The summed E-state index contributed by atoms with van der Waals surface area (Å²) in [6.45, 7) is 5.58. The monoisotopic (exact) mass is 424 g/mol. The number of carbonyl (C=O) groups is 1. The van der Waals surface area contributed by atoms with E-state index in [1.165, 1.54) is 19.2 Å². The summed E-state index contributed by atoms with van der Waals surface area (Å²) in [5.74, 6) is -0.280. The molecular formula is C20H25ClN2O4S. The number of carbonyl (C=O) groups excluding carboxylic acids is 1. The Hall–Kier alpha value is -2.09. The Morgan fingerprint density at radius 2 is 1.82 bits per heavy atom. The van der Waals surface area contributed by atoms with Gasteiger partial charge in [0, 0.05) is 5.02 Å². The van der Waals surface area contributed by atoms with E-state index < -0.39 is 22.0 Å². The lowest BCUT2D eigenvalue weighted by Crippen LogP contribution is -2.47. The summed E-state index contributed by atoms with van der Waals surface area (Å²) >= 11 is 6.01. The summed E-state index contributed by atoms with van der Waals surface area (Å²) in [4.78, 5) is 13.0. The maximum Gasteiger partial charge on any atom is 0.242 e. The van der Waals surface area contributed by atoms with Gasteiger partial charge in [0.05, 0.1) is 17.7 Å². The predicted octanol–water partition coefficient (Wildman–Crippen LogP) is 3.99. The smallest absolute Gasteiger partial charge is 0.242 e. The number of methoxy groups -OCH3 is 1. The van der Waals surface area contributed by atoms with Gasteiger partial charge in [-0.05, 0) is 43.2 Å². The van der Waals surface area contributed by atoms with Gasteiger partial charge in [0.2, 0.25) is 15.9 Å². The van der Waals surface area contributed by atoms with Crippen molar-refractivity contribution < 1.29 is 17.9 Å². The Kier molecular flexibility index (Phi) is 7.46. The number of hydrogen-bond donors (Lipinski definition) is 2. The molecule has 0 aromatic heterocycles. The molecule has 0 bridgehead atoms. The van der Waals surface area contributed by atoms with Crippen molar-refractivity contribution in [2.45, 2.75) is 38.1 Å². The lowest BCUT2D eigenvalue weighted by molar-refractivity contribution is -0.118. The molecule has 0 fully saturated rings. The molecule has 0 heterocycles. The summed E-state index contributed by atoms with van der Waals surface area (Å²) in [6, 6.07) is 10.3. The number of ether oxygens (including phenoxy) is 1. The normalized spacial score (nSPS) is 13.6. The molecular weight excluding hydrogens is 400 g/mol. The SMILES string of the molecule is CC[C@@H](C)[C@H](NS(=O)(=O)c1ccc(C)cc1)C(=O)Nc1cc(Cl)ccc1OC. The number of amides is 1. The predicted molar refractivity (Wildman–Crippen MR) is 111 cm³/mol. The standard InChI is InChI=1S/C20H25ClN2O4S/c1-5-14(3)19(23-28(25,26)16-9-6-13(2)7-10-16)20(24)22-17-12-15(21)8-11-18(17)27-4/h6-12,14,19,23H,5H2,1-4H3,(H,22,24)/t14-,19+/m1/s1. The third kappa shape index (κ3) is 5.47. The number of hydrogen-bond acceptors (Lipinski definition) is 4. The van der Waals surface area contributed by atoms with E-state index in [2.05, 4.69) is 10.0 Å². The molecule has 0 aliphatic carbocycles. The molecule has 0 spiro atoms. The number of sulfonamides is 1. The summed E-state index contributed by atoms with van der Waals surface area (Å²) < 4.78 is 33.3. The van der Waals surface area contributed by atoms with E-state index in [0.29, 0.717) is 22.9 Å². The van der Waals surface area contributed by atoms with Gasteiger partial charge >= 0.3 is 0 Å². The number of aryl methyl sites for hydroxylation is 1. The van der Waals surface area contributed by atoms with E-state index in [-0.39, 0.29) is 10.8 Å². The van der Waals surface area contributed by atoms with Crippen LogP contribution in [0.5, 0.6) is 5.75 Å². The Morgan fingerprint density at radius 1 is 1.18 bits per heavy atom. The van der Waals surface area contributed by atoms with Crippen molar-refractivity contribution in [3.8, 4) is 5.75 Å². The van der Waals surface area contributed by atoms with Gasteiger partial charge in [-0.1, -0.05) is 49.6 Å². The zero-order valence-corrected chi connectivity index (χ0v) is 17.9. The van der Waals surface area contributed by atoms with Crippen LogP contribution in [0.4, 0.5) is 5.69 Å². The molecule has 28 heavy (non-hydrogen) atoms. The molecule has 152 valence electrons. The summed E-state index contributed by atoms with van der Waals surface area (Å²) in [6.07, 6.45) is 0.612. The van der Waals surface area contributed by atoms with Crippen molar-refractivity contribution in [2.75, 3.05) is 12.4 Å². The minimum Gasteiger partial charge on any atom is -0.495 e. The van der Waals surface area contributed by atoms with E-state index in [0.717, 1.165) is 5.56 Å². The Morgan fingerprint density at radius 3 is 2.39 bits per heavy atom. The number of halogens is 1. The molecule has 2 rings (SSSR count). The fourth-order valence-electron chi connectivity index (χ4n) is 2.60. The van der Waals surface area contributed by atoms with Crippen LogP contribution >= 0.6 is 11.6 Å². The first kappa shape index (κ1) is 22.2. The van der Waals surface area contributed by atoms with E-state index in [9.17, 15) is 13.2 Å². The van der Waals surface area contributed by atoms with Gasteiger partial charge in [-0.2, -0.15) is 4.72 Å². The molecule has 2 atom stereocenters. The minimum absolute atomic E-state index is 0.111. The Balaban J connectivity index is 2.29. The first-order chi connectivity index (χ1) is 13.2. The van der Waals surface area contributed by atoms with Crippen molar-refractivity contribution in [3.05, 3.63) is 53.1 Å². The first-order valence-electron chi connectivity index (χ1n) is 8.91. The average molecular weight is 425 g/mol. The van der Waals surface area contributed by atoms with Crippen molar-refractivity contribution in [1.29, 1.82) is 0 Å². The fourth-order valence-corrected chi connectivity index (χ4v) is 4.08. The number of benzene rings is 2. The number of anilines is 1. The summed E-state index contributed by atoms with van der Waals surface area (Å²) in [5, 5.41) is 3.15. The zero-order valence-electron chi connectivity index (χ0n) is 16.3. The molecule has 2 aromatic rings. The summed E-state index contributed by atoms with van der Waals surface area (Å²) in [5.41, 5.74) is 1.33. The second-order valence-electron chi connectivity index (χ2n) is 6.63. The molecule has 0 saturated heterocycles. The van der Waals surface area contributed by atoms with E-state index in [1.54, 1.807) is 30.3 Å². The third-order valence-corrected chi connectivity index (χ3v) is 6.22. The van der Waals surface area contributed by atoms with Gasteiger partial charge in [0.1, 0.15) is 11.8 Å². The summed E-state index contributed by atoms with van der Waals surface area (Å²) in [7, 11) is -2.38. The van der Waals surface area contributed by atoms with Crippen LogP contribution in [-0.2, 0) is 14.8 Å². The molecule has 0 radical (unpaired) electrons. The van der Waals surface area contributed by atoms with Crippen molar-refractivity contribution in [2.24, 2.45) is 5.92 Å². The van der Waals surface area contributed by atoms with Crippen LogP contribution in [0.2, 0.25) is 5.02 Å². The van der Waals surface area contributed by atoms with Crippen LogP contribution in [0.15, 0.2) is 47.4 Å². The molecule has 0 unspecified atom stereocenters. The average Bonchev–Trinajstić information content (AvgIpc) is 2.66. The van der Waals surface area contributed by atoms with Gasteiger partial charge in [-0.3, -0.25) is 4.79 Å². The molecule has 6 nitrogen and oxygen atoms in total. The van der Waals surface area contributed by atoms with Crippen LogP contribution in [0.25, 0.3) is 0 Å². The Bertz CT molecular complexity index is 930. The van der Waals surface area contributed by atoms with Gasteiger partial charge in [0.15, 0.2) is 0 Å². The van der Waals surface area contributed by atoms with E-state index >= 15 is 0 Å². The largest absolute Gasteiger partial charge is 0.495 e. The molecule has 0 saturated carbocycles. The van der Waals surface area contributed by atoms with Gasteiger partial charge < -0.3 is 10.1 Å². The quantitative estimate of drug-likeness (QED) is 0.671. The minimum atomic E-state index is -3.86. The van der Waals surface area contributed by atoms with Gasteiger partial charge in [0.25, 0.3) is 0 Å². The highest BCUT2D eigenvalue weighted by molar-refractivity contribution is 7.89. The molecule has 1 amide bonds. The van der Waals surface area contributed by atoms with Crippen LogP contribution in [0, 0.1) is 12.8 Å². The molecule has 2 aromatic carbocycles. The highest BCUT2D eigenvalue weighted by Crippen LogP contribution is 2.28. The van der Waals surface area contributed by atoms with Crippen LogP contribution < -0.4 is 14.8 Å². The highest BCUT2D eigenvalue weighted by atomic mass is 35.5. The van der Waals surface area contributed by atoms with Crippen molar-refractivity contribution in [3.63, 3.8) is 0 Å². The van der Waals surface area contributed by atoms with Crippen molar-refractivity contribution >= 4 is 33.2 Å². The lowest BCUT2D eigenvalue weighted by atomic mass is 9.99. The van der Waals surface area contributed by atoms with E-state index in [1.807, 2.05) is 20.8 Å². The van der Waals surface area contributed by atoms with Crippen molar-refractivity contribution in [1.82, 2.24) is 4.72 Å². The number of nitrogens with one attached hydrogen (secondary N) is 2.